The topological polar surface area (TPSA) is 58.2 Å². The van der Waals surface area contributed by atoms with Crippen molar-refractivity contribution in [1.82, 2.24) is 10.6 Å². The molecule has 0 aromatic carbocycles. The average Bonchev–Trinajstić information content (AvgIpc) is 1.97. The van der Waals surface area contributed by atoms with Gasteiger partial charge in [0.15, 0.2) is 0 Å². The number of carbonyl (C=O) groups excluding carboxylic acids is 2. The molecular weight excluding hydrogens is 156 g/mol. The van der Waals surface area contributed by atoms with Crippen LogP contribution in [0.25, 0.3) is 0 Å². The Morgan fingerprint density at radius 3 is 2.17 bits per heavy atom. The van der Waals surface area contributed by atoms with Crippen LogP contribution in [0.15, 0.2) is 0 Å². The number of amides is 2. The van der Waals surface area contributed by atoms with Crippen LogP contribution in [0.2, 0.25) is 0 Å². The maximum absolute atomic E-state index is 10.6. The van der Waals surface area contributed by atoms with Crippen molar-refractivity contribution in [3.63, 3.8) is 0 Å². The Morgan fingerprint density at radius 1 is 1.25 bits per heavy atom. The van der Waals surface area contributed by atoms with Crippen molar-refractivity contribution in [3.05, 3.63) is 0 Å². The zero-order chi connectivity index (χ0) is 9.56. The van der Waals surface area contributed by atoms with Crippen LogP contribution in [0.1, 0.15) is 27.2 Å². The molecule has 0 aliphatic rings. The quantitative estimate of drug-likeness (QED) is 0.629. The van der Waals surface area contributed by atoms with Gasteiger partial charge in [0.2, 0.25) is 11.8 Å². The summed E-state index contributed by atoms with van der Waals surface area (Å²) in [4.78, 5) is 21.2. The Bertz CT molecular complexity index is 168. The summed E-state index contributed by atoms with van der Waals surface area (Å²) in [5, 5.41) is 5.38. The molecule has 0 saturated heterocycles. The van der Waals surface area contributed by atoms with Crippen molar-refractivity contribution in [3.8, 4) is 0 Å². The SMILES string of the molecule is CCC(CNC(C)=O)NC(C)=O. The van der Waals surface area contributed by atoms with Gasteiger partial charge in [-0.15, -0.1) is 0 Å². The van der Waals surface area contributed by atoms with Gasteiger partial charge in [-0.1, -0.05) is 6.92 Å². The van der Waals surface area contributed by atoms with Crippen molar-refractivity contribution in [2.24, 2.45) is 0 Å². The van der Waals surface area contributed by atoms with E-state index in [4.69, 9.17) is 0 Å². The predicted molar refractivity (Wildman–Crippen MR) is 46.6 cm³/mol. The number of nitrogens with one attached hydrogen (secondary N) is 2. The summed E-state index contributed by atoms with van der Waals surface area (Å²) >= 11 is 0. The van der Waals surface area contributed by atoms with Crippen LogP contribution < -0.4 is 10.6 Å². The molecule has 70 valence electrons. The molecule has 0 heterocycles. The van der Waals surface area contributed by atoms with Crippen LogP contribution in [0.3, 0.4) is 0 Å². The minimum atomic E-state index is -0.0706. The third-order valence-electron chi connectivity index (χ3n) is 1.50. The van der Waals surface area contributed by atoms with Crippen molar-refractivity contribution in [2.45, 2.75) is 33.2 Å². The number of hydrogen-bond donors (Lipinski definition) is 2. The Labute approximate surface area is 72.7 Å². The first kappa shape index (κ1) is 10.9. The molecule has 2 N–H and O–H groups in total. The van der Waals surface area contributed by atoms with Crippen LogP contribution in [0.5, 0.6) is 0 Å². The lowest BCUT2D eigenvalue weighted by molar-refractivity contribution is -0.121. The van der Waals surface area contributed by atoms with E-state index in [-0.39, 0.29) is 17.9 Å². The Hall–Kier alpha value is -1.06. The van der Waals surface area contributed by atoms with E-state index in [2.05, 4.69) is 10.6 Å². The zero-order valence-corrected chi connectivity index (χ0v) is 7.81. The molecule has 4 heteroatoms. The highest BCUT2D eigenvalue weighted by atomic mass is 16.2. The van der Waals surface area contributed by atoms with Crippen molar-refractivity contribution < 1.29 is 9.59 Å². The van der Waals surface area contributed by atoms with Gasteiger partial charge in [0.1, 0.15) is 0 Å². The second-order valence-corrected chi connectivity index (χ2v) is 2.74. The van der Waals surface area contributed by atoms with Gasteiger partial charge in [-0.05, 0) is 6.42 Å². The maximum atomic E-state index is 10.6. The summed E-state index contributed by atoms with van der Waals surface area (Å²) in [5.74, 6) is -0.133. The van der Waals surface area contributed by atoms with Crippen LogP contribution in [0, 0.1) is 0 Å². The monoisotopic (exact) mass is 172 g/mol. The minimum Gasteiger partial charge on any atom is -0.354 e. The summed E-state index contributed by atoms with van der Waals surface area (Å²) in [6.07, 6.45) is 0.819. The minimum absolute atomic E-state index is 0.0476. The molecule has 1 atom stereocenters. The van der Waals surface area contributed by atoms with E-state index in [1.54, 1.807) is 0 Å². The zero-order valence-electron chi connectivity index (χ0n) is 7.81. The lowest BCUT2D eigenvalue weighted by Crippen LogP contribution is -2.41. The summed E-state index contributed by atoms with van der Waals surface area (Å²) in [6.45, 7) is 5.39. The van der Waals surface area contributed by atoms with Gasteiger partial charge in [-0.2, -0.15) is 0 Å². The fourth-order valence-corrected chi connectivity index (χ4v) is 0.852. The van der Waals surface area contributed by atoms with Crippen molar-refractivity contribution >= 4 is 11.8 Å². The number of hydrogen-bond acceptors (Lipinski definition) is 2. The standard InChI is InChI=1S/C8H16N2O2/c1-4-8(10-7(3)12)5-9-6(2)11/h8H,4-5H2,1-3H3,(H,9,11)(H,10,12). The van der Waals surface area contributed by atoms with Gasteiger partial charge >= 0.3 is 0 Å². The van der Waals surface area contributed by atoms with E-state index in [0.29, 0.717) is 6.54 Å². The summed E-state index contributed by atoms with van der Waals surface area (Å²) in [7, 11) is 0. The van der Waals surface area contributed by atoms with Crippen LogP contribution in [0.4, 0.5) is 0 Å². The third kappa shape index (κ3) is 5.70. The molecule has 0 rings (SSSR count). The van der Waals surface area contributed by atoms with Gasteiger partial charge in [0.05, 0.1) is 0 Å². The molecule has 4 nitrogen and oxygen atoms in total. The third-order valence-corrected chi connectivity index (χ3v) is 1.50. The highest BCUT2D eigenvalue weighted by Gasteiger charge is 2.06. The predicted octanol–water partition coefficient (Wildman–Crippen LogP) is 0.0372. The van der Waals surface area contributed by atoms with Crippen LogP contribution in [-0.4, -0.2) is 24.4 Å². The van der Waals surface area contributed by atoms with E-state index in [1.165, 1.54) is 13.8 Å². The number of rotatable bonds is 4. The Balaban J connectivity index is 3.67. The molecular formula is C8H16N2O2. The highest BCUT2D eigenvalue weighted by Crippen LogP contribution is 1.88. The molecule has 0 saturated carbocycles. The first-order valence-corrected chi connectivity index (χ1v) is 4.07. The second kappa shape index (κ2) is 5.57. The Kier molecular flexibility index (Phi) is 5.08. The molecule has 0 aliphatic heterocycles. The molecule has 12 heavy (non-hydrogen) atoms. The van der Waals surface area contributed by atoms with E-state index in [0.717, 1.165) is 6.42 Å². The molecule has 0 aliphatic carbocycles. The van der Waals surface area contributed by atoms with E-state index in [9.17, 15) is 9.59 Å². The van der Waals surface area contributed by atoms with Crippen molar-refractivity contribution in [1.29, 1.82) is 0 Å². The molecule has 0 aromatic heterocycles. The smallest absolute Gasteiger partial charge is 0.217 e. The fourth-order valence-electron chi connectivity index (χ4n) is 0.852. The van der Waals surface area contributed by atoms with Gasteiger partial charge in [0.25, 0.3) is 0 Å². The summed E-state index contributed by atoms with van der Waals surface area (Å²) < 4.78 is 0. The van der Waals surface area contributed by atoms with Gasteiger partial charge in [0, 0.05) is 26.4 Å². The molecule has 0 spiro atoms. The van der Waals surface area contributed by atoms with Gasteiger partial charge < -0.3 is 10.6 Å². The molecule has 0 aromatic rings. The van der Waals surface area contributed by atoms with E-state index >= 15 is 0 Å². The summed E-state index contributed by atoms with van der Waals surface area (Å²) in [6, 6.07) is 0.0476. The first-order chi connectivity index (χ1) is 5.56. The Morgan fingerprint density at radius 2 is 1.83 bits per heavy atom. The first-order valence-electron chi connectivity index (χ1n) is 4.07. The molecule has 1 unspecified atom stereocenters. The van der Waals surface area contributed by atoms with Gasteiger partial charge in [-0.3, -0.25) is 9.59 Å². The van der Waals surface area contributed by atoms with Crippen molar-refractivity contribution in [2.75, 3.05) is 6.54 Å². The molecule has 0 bridgehead atoms. The fraction of sp³-hybridized carbons (Fsp3) is 0.750. The van der Waals surface area contributed by atoms with Crippen LogP contribution in [-0.2, 0) is 9.59 Å². The lowest BCUT2D eigenvalue weighted by Gasteiger charge is -2.15. The van der Waals surface area contributed by atoms with E-state index < -0.39 is 0 Å². The normalized spacial score (nSPS) is 11.9. The van der Waals surface area contributed by atoms with E-state index in [1.807, 2.05) is 6.92 Å². The molecule has 0 fully saturated rings. The van der Waals surface area contributed by atoms with Gasteiger partial charge in [-0.25, -0.2) is 0 Å². The lowest BCUT2D eigenvalue weighted by atomic mass is 10.2. The largest absolute Gasteiger partial charge is 0.354 e. The van der Waals surface area contributed by atoms with Crippen LogP contribution >= 0.6 is 0 Å². The highest BCUT2D eigenvalue weighted by molar-refractivity contribution is 5.74. The summed E-state index contributed by atoms with van der Waals surface area (Å²) in [5.41, 5.74) is 0. The second-order valence-electron chi connectivity index (χ2n) is 2.74. The molecule has 2 amide bonds. The average molecular weight is 172 g/mol. The maximum Gasteiger partial charge on any atom is 0.217 e. The molecule has 0 radical (unpaired) electrons. The number of carbonyl (C=O) groups is 2.